The third-order valence-electron chi connectivity index (χ3n) is 4.46. The van der Waals surface area contributed by atoms with E-state index in [4.69, 9.17) is 5.73 Å². The first-order valence-corrected chi connectivity index (χ1v) is 8.39. The molecule has 0 aromatic carbocycles. The van der Waals surface area contributed by atoms with E-state index in [-0.39, 0.29) is 12.5 Å². The summed E-state index contributed by atoms with van der Waals surface area (Å²) in [4.78, 5) is 29.8. The van der Waals surface area contributed by atoms with E-state index < -0.39 is 0 Å². The van der Waals surface area contributed by atoms with Crippen LogP contribution in [0, 0.1) is 0 Å². The zero-order valence-electron chi connectivity index (χ0n) is 14.0. The molecule has 1 amide bonds. The highest BCUT2D eigenvalue weighted by molar-refractivity contribution is 5.96. The molecule has 3 aromatic heterocycles. The number of pyridine rings is 1. The van der Waals surface area contributed by atoms with Crippen molar-refractivity contribution < 1.29 is 4.79 Å². The Balaban J connectivity index is 1.50. The maximum absolute atomic E-state index is 12.4. The summed E-state index contributed by atoms with van der Waals surface area (Å²) in [6, 6.07) is 1.70. The summed E-state index contributed by atoms with van der Waals surface area (Å²) in [5, 5.41) is 2.84. The van der Waals surface area contributed by atoms with E-state index in [1.165, 1.54) is 11.8 Å². The molecule has 4 rings (SSSR count). The highest BCUT2D eigenvalue weighted by Gasteiger charge is 2.15. The van der Waals surface area contributed by atoms with Gasteiger partial charge in [0.15, 0.2) is 5.65 Å². The van der Waals surface area contributed by atoms with Crippen LogP contribution >= 0.6 is 0 Å². The maximum atomic E-state index is 12.4. The van der Waals surface area contributed by atoms with Crippen molar-refractivity contribution in [3.05, 3.63) is 41.1 Å². The number of nitrogen functional groups attached to an aromatic ring is 1. The molecular weight excluding hydrogens is 318 g/mol. The topological polar surface area (TPSA) is 112 Å². The van der Waals surface area contributed by atoms with Crippen molar-refractivity contribution >= 4 is 23.0 Å². The molecule has 0 atom stereocenters. The average Bonchev–Trinajstić information content (AvgIpc) is 3.21. The molecule has 0 aliphatic heterocycles. The summed E-state index contributed by atoms with van der Waals surface area (Å²) in [6.07, 6.45) is 6.56. The van der Waals surface area contributed by atoms with E-state index in [0.29, 0.717) is 35.0 Å². The van der Waals surface area contributed by atoms with Gasteiger partial charge < -0.3 is 11.1 Å². The molecule has 0 saturated carbocycles. The Kier molecular flexibility index (Phi) is 3.79. The summed E-state index contributed by atoms with van der Waals surface area (Å²) in [6.45, 7) is 2.93. The molecule has 3 aromatic rings. The number of carbonyl (C=O) groups is 1. The second-order valence-corrected chi connectivity index (χ2v) is 6.08. The van der Waals surface area contributed by atoms with Crippen LogP contribution in [0.15, 0.2) is 18.5 Å². The number of hydrogen-bond acceptors (Lipinski definition) is 6. The summed E-state index contributed by atoms with van der Waals surface area (Å²) in [5.74, 6) is 0.791. The predicted octanol–water partition coefficient (Wildman–Crippen LogP) is 1.24. The number of nitrogens with two attached hydrogens (primary N) is 1. The largest absolute Gasteiger partial charge is 0.369 e. The Hall–Kier alpha value is -3.03. The van der Waals surface area contributed by atoms with Gasteiger partial charge in [-0.05, 0) is 37.8 Å². The normalized spacial score (nSPS) is 13.2. The lowest BCUT2D eigenvalue weighted by Crippen LogP contribution is -2.24. The zero-order chi connectivity index (χ0) is 17.4. The van der Waals surface area contributed by atoms with Crippen molar-refractivity contribution in [2.75, 3.05) is 5.73 Å². The number of rotatable bonds is 4. The molecule has 0 radical (unpaired) electrons. The molecular formula is C17H19N7O. The quantitative estimate of drug-likeness (QED) is 0.741. The molecule has 0 fully saturated rings. The zero-order valence-corrected chi connectivity index (χ0v) is 14.0. The van der Waals surface area contributed by atoms with E-state index in [9.17, 15) is 4.79 Å². The van der Waals surface area contributed by atoms with E-state index in [1.807, 2.05) is 13.1 Å². The van der Waals surface area contributed by atoms with Crippen molar-refractivity contribution in [1.82, 2.24) is 29.8 Å². The lowest BCUT2D eigenvalue weighted by molar-refractivity contribution is 0.0949. The highest BCUT2D eigenvalue weighted by Crippen LogP contribution is 2.19. The Morgan fingerprint density at radius 3 is 3.00 bits per heavy atom. The fraction of sp³-hybridized carbons (Fsp3) is 0.353. The Labute approximate surface area is 144 Å². The molecule has 0 spiro atoms. The van der Waals surface area contributed by atoms with Crippen molar-refractivity contribution in [3.63, 3.8) is 0 Å². The number of amides is 1. The van der Waals surface area contributed by atoms with Crippen LogP contribution in [0.3, 0.4) is 0 Å². The van der Waals surface area contributed by atoms with Crippen molar-refractivity contribution in [1.29, 1.82) is 0 Å². The fourth-order valence-electron chi connectivity index (χ4n) is 3.17. The van der Waals surface area contributed by atoms with E-state index in [2.05, 4.69) is 25.3 Å². The maximum Gasteiger partial charge on any atom is 0.253 e. The minimum absolute atomic E-state index is 0.233. The molecule has 1 aliphatic carbocycles. The minimum Gasteiger partial charge on any atom is -0.369 e. The number of aromatic nitrogens is 5. The molecule has 1 aliphatic rings. The van der Waals surface area contributed by atoms with Gasteiger partial charge >= 0.3 is 0 Å². The van der Waals surface area contributed by atoms with Crippen LogP contribution < -0.4 is 11.1 Å². The van der Waals surface area contributed by atoms with Crippen LogP contribution in [-0.2, 0) is 25.9 Å². The summed E-state index contributed by atoms with van der Waals surface area (Å²) >= 11 is 0. The molecule has 128 valence electrons. The first kappa shape index (κ1) is 15.5. The molecule has 3 heterocycles. The first-order valence-electron chi connectivity index (χ1n) is 8.39. The lowest BCUT2D eigenvalue weighted by atomic mass is 10.2. The Morgan fingerprint density at radius 2 is 2.16 bits per heavy atom. The van der Waals surface area contributed by atoms with Gasteiger partial charge in [-0.25, -0.2) is 19.9 Å². The second kappa shape index (κ2) is 6.12. The number of fused-ring (bicyclic) bond motifs is 2. The number of carbonyl (C=O) groups excluding carboxylic acids is 1. The molecule has 0 saturated heterocycles. The summed E-state index contributed by atoms with van der Waals surface area (Å²) in [7, 11) is 0. The van der Waals surface area contributed by atoms with Crippen LogP contribution in [-0.4, -0.2) is 30.4 Å². The highest BCUT2D eigenvalue weighted by atomic mass is 16.1. The summed E-state index contributed by atoms with van der Waals surface area (Å²) < 4.78 is 1.80. The van der Waals surface area contributed by atoms with Crippen LogP contribution in [0.2, 0.25) is 0 Å². The number of anilines is 1. The molecule has 0 unspecified atom stereocenters. The number of imidazole rings is 1. The first-order chi connectivity index (χ1) is 12.2. The number of nitrogens with zero attached hydrogens (tertiary/aromatic N) is 5. The molecule has 3 N–H and O–H groups in total. The second-order valence-electron chi connectivity index (χ2n) is 6.08. The third kappa shape index (κ3) is 2.79. The lowest BCUT2D eigenvalue weighted by Gasteiger charge is -2.06. The molecule has 25 heavy (non-hydrogen) atoms. The van der Waals surface area contributed by atoms with Gasteiger partial charge in [0.05, 0.1) is 12.1 Å². The number of hydrogen-bond donors (Lipinski definition) is 2. The smallest absolute Gasteiger partial charge is 0.253 e. The van der Waals surface area contributed by atoms with Crippen LogP contribution in [0.4, 0.5) is 5.95 Å². The monoisotopic (exact) mass is 337 g/mol. The van der Waals surface area contributed by atoms with Gasteiger partial charge in [-0.1, -0.05) is 0 Å². The van der Waals surface area contributed by atoms with Crippen LogP contribution in [0.1, 0.15) is 40.8 Å². The van der Waals surface area contributed by atoms with Gasteiger partial charge in [-0.15, -0.1) is 0 Å². The molecule has 8 nitrogen and oxygen atoms in total. The third-order valence-corrected chi connectivity index (χ3v) is 4.46. The average molecular weight is 337 g/mol. The van der Waals surface area contributed by atoms with Crippen LogP contribution in [0.5, 0.6) is 0 Å². The van der Waals surface area contributed by atoms with E-state index in [1.54, 1.807) is 10.6 Å². The van der Waals surface area contributed by atoms with E-state index in [0.717, 1.165) is 25.0 Å². The standard InChI is InChI=1S/C17H19N7O/c1-2-24-15-13(23-17(24)18)6-11(8-20-15)16(25)21-9-14-19-7-10-4-3-5-12(10)22-14/h6-8H,2-5,9H2,1H3,(H2,18,23)(H,21,25). The van der Waals surface area contributed by atoms with Crippen molar-refractivity contribution in [2.24, 2.45) is 0 Å². The predicted molar refractivity (Wildman–Crippen MR) is 92.8 cm³/mol. The minimum atomic E-state index is -0.233. The van der Waals surface area contributed by atoms with Crippen LogP contribution in [0.25, 0.3) is 11.2 Å². The number of aryl methyl sites for hydroxylation is 3. The molecule has 8 heteroatoms. The number of nitrogens with one attached hydrogen (secondary N) is 1. The Morgan fingerprint density at radius 1 is 1.28 bits per heavy atom. The fourth-order valence-corrected chi connectivity index (χ4v) is 3.17. The van der Waals surface area contributed by atoms with Crippen molar-refractivity contribution in [2.45, 2.75) is 39.3 Å². The van der Waals surface area contributed by atoms with Gasteiger partial charge in [0.2, 0.25) is 5.95 Å². The van der Waals surface area contributed by atoms with Gasteiger partial charge in [-0.3, -0.25) is 9.36 Å². The SMILES string of the molecule is CCn1c(N)nc2cc(C(=O)NCc3ncc4c(n3)CCC4)cnc21. The van der Waals surface area contributed by atoms with E-state index >= 15 is 0 Å². The summed E-state index contributed by atoms with van der Waals surface area (Å²) in [5.41, 5.74) is 9.91. The van der Waals surface area contributed by atoms with Crippen molar-refractivity contribution in [3.8, 4) is 0 Å². The van der Waals surface area contributed by atoms with Gasteiger partial charge in [0.25, 0.3) is 5.91 Å². The van der Waals surface area contributed by atoms with Gasteiger partial charge in [0, 0.05) is 24.6 Å². The molecule has 0 bridgehead atoms. The van der Waals surface area contributed by atoms with Gasteiger partial charge in [-0.2, -0.15) is 0 Å². The Bertz CT molecular complexity index is 963. The van der Waals surface area contributed by atoms with Gasteiger partial charge in [0.1, 0.15) is 11.3 Å².